The highest BCUT2D eigenvalue weighted by molar-refractivity contribution is 6.29. The third-order valence-corrected chi connectivity index (χ3v) is 3.20. The van der Waals surface area contributed by atoms with Crippen LogP contribution in [0.2, 0.25) is 5.15 Å². The van der Waals surface area contributed by atoms with Crippen LogP contribution in [0.25, 0.3) is 22.8 Å². The summed E-state index contributed by atoms with van der Waals surface area (Å²) in [4.78, 5) is 8.90. The van der Waals surface area contributed by atoms with E-state index in [0.29, 0.717) is 11.0 Å². The van der Waals surface area contributed by atoms with Gasteiger partial charge in [-0.25, -0.2) is 9.97 Å². The molecule has 0 radical (unpaired) electrons. The summed E-state index contributed by atoms with van der Waals surface area (Å²) in [5, 5.41) is 4.67. The van der Waals surface area contributed by atoms with Crippen LogP contribution >= 0.6 is 11.6 Å². The van der Waals surface area contributed by atoms with Gasteiger partial charge < -0.3 is 0 Å². The summed E-state index contributed by atoms with van der Waals surface area (Å²) in [6, 6.07) is 13.6. The van der Waals surface area contributed by atoms with Gasteiger partial charge in [-0.3, -0.25) is 4.68 Å². The molecule has 3 rings (SSSR count). The summed E-state index contributed by atoms with van der Waals surface area (Å²) in [7, 11) is 0. The number of aryl methyl sites for hydroxylation is 1. The van der Waals surface area contributed by atoms with Gasteiger partial charge in [0.1, 0.15) is 10.8 Å². The van der Waals surface area contributed by atoms with Crippen LogP contribution in [-0.4, -0.2) is 19.7 Å². The van der Waals surface area contributed by atoms with Gasteiger partial charge in [-0.05, 0) is 13.0 Å². The lowest BCUT2D eigenvalue weighted by Gasteiger charge is -2.07. The molecule has 0 N–H and O–H groups in total. The van der Waals surface area contributed by atoms with Gasteiger partial charge in [-0.1, -0.05) is 41.9 Å². The van der Waals surface area contributed by atoms with Crippen molar-refractivity contribution in [3.63, 3.8) is 0 Å². The van der Waals surface area contributed by atoms with Crippen LogP contribution in [-0.2, 0) is 6.54 Å². The van der Waals surface area contributed by atoms with Crippen LogP contribution < -0.4 is 0 Å². The zero-order valence-corrected chi connectivity index (χ0v) is 11.7. The SMILES string of the molecule is CCn1nccc1-c1nc(Cl)cc(-c2ccccc2)n1. The second kappa shape index (κ2) is 5.43. The molecular weight excluding hydrogens is 272 g/mol. The fraction of sp³-hybridized carbons (Fsp3) is 0.133. The van der Waals surface area contributed by atoms with E-state index in [9.17, 15) is 0 Å². The van der Waals surface area contributed by atoms with Crippen LogP contribution in [0.4, 0.5) is 0 Å². The largest absolute Gasteiger partial charge is 0.262 e. The zero-order chi connectivity index (χ0) is 13.9. The molecule has 0 spiro atoms. The summed E-state index contributed by atoms with van der Waals surface area (Å²) < 4.78 is 1.85. The molecule has 5 heteroatoms. The Morgan fingerprint density at radius 2 is 1.90 bits per heavy atom. The topological polar surface area (TPSA) is 43.6 Å². The third kappa shape index (κ3) is 2.42. The average molecular weight is 285 g/mol. The maximum atomic E-state index is 6.13. The molecule has 4 nitrogen and oxygen atoms in total. The van der Waals surface area contributed by atoms with Crippen molar-refractivity contribution in [2.45, 2.75) is 13.5 Å². The number of rotatable bonds is 3. The summed E-state index contributed by atoms with van der Waals surface area (Å²) in [5.74, 6) is 0.593. The summed E-state index contributed by atoms with van der Waals surface area (Å²) in [5.41, 5.74) is 2.69. The smallest absolute Gasteiger partial charge is 0.179 e. The van der Waals surface area contributed by atoms with E-state index < -0.39 is 0 Å². The van der Waals surface area contributed by atoms with Crippen LogP contribution in [0.15, 0.2) is 48.7 Å². The van der Waals surface area contributed by atoms with E-state index >= 15 is 0 Å². The van der Waals surface area contributed by atoms with E-state index in [0.717, 1.165) is 23.5 Å². The molecule has 0 saturated heterocycles. The number of hydrogen-bond donors (Lipinski definition) is 0. The van der Waals surface area contributed by atoms with Gasteiger partial charge in [-0.15, -0.1) is 0 Å². The molecule has 0 amide bonds. The Bertz CT molecular complexity index is 722. The van der Waals surface area contributed by atoms with Gasteiger partial charge in [0.05, 0.1) is 5.69 Å². The highest BCUT2D eigenvalue weighted by Crippen LogP contribution is 2.24. The minimum Gasteiger partial charge on any atom is -0.262 e. The van der Waals surface area contributed by atoms with Crippen LogP contribution in [0, 0.1) is 0 Å². The minimum absolute atomic E-state index is 0.428. The van der Waals surface area contributed by atoms with Gasteiger partial charge in [0, 0.05) is 24.4 Å². The third-order valence-electron chi connectivity index (χ3n) is 3.01. The predicted octanol–water partition coefficient (Wildman–Crippen LogP) is 3.68. The standard InChI is InChI=1S/C15H13ClN4/c1-2-20-13(8-9-17-20)15-18-12(10-14(16)19-15)11-6-4-3-5-7-11/h3-10H,2H2,1H3. The molecule has 1 aromatic carbocycles. The van der Waals surface area contributed by atoms with Gasteiger partial charge in [-0.2, -0.15) is 5.10 Å². The molecule has 20 heavy (non-hydrogen) atoms. The molecule has 3 aromatic rings. The van der Waals surface area contributed by atoms with Gasteiger partial charge in [0.25, 0.3) is 0 Å². The first-order valence-electron chi connectivity index (χ1n) is 6.40. The Kier molecular flexibility index (Phi) is 3.48. The second-order valence-electron chi connectivity index (χ2n) is 4.30. The Labute approximate surface area is 122 Å². The lowest BCUT2D eigenvalue weighted by molar-refractivity contribution is 0.664. The molecule has 2 aromatic heterocycles. The number of benzene rings is 1. The molecule has 0 atom stereocenters. The maximum absolute atomic E-state index is 6.13. The molecule has 0 unspecified atom stereocenters. The highest BCUT2D eigenvalue weighted by Gasteiger charge is 2.11. The molecule has 2 heterocycles. The number of halogens is 1. The highest BCUT2D eigenvalue weighted by atomic mass is 35.5. The van der Waals surface area contributed by atoms with Crippen molar-refractivity contribution in [3.05, 3.63) is 53.8 Å². The molecule has 0 aliphatic rings. The normalized spacial score (nSPS) is 10.7. The maximum Gasteiger partial charge on any atom is 0.179 e. The van der Waals surface area contributed by atoms with E-state index in [1.54, 1.807) is 12.3 Å². The molecule has 0 fully saturated rings. The second-order valence-corrected chi connectivity index (χ2v) is 4.69. The molecule has 0 aliphatic heterocycles. The van der Waals surface area contributed by atoms with Crippen LogP contribution in [0.3, 0.4) is 0 Å². The number of aromatic nitrogens is 4. The molecular formula is C15H13ClN4. The molecule has 0 bridgehead atoms. The minimum atomic E-state index is 0.428. The van der Waals surface area contributed by atoms with Crippen LogP contribution in [0.5, 0.6) is 0 Å². The average Bonchev–Trinajstić information content (AvgIpc) is 2.96. The van der Waals surface area contributed by atoms with Gasteiger partial charge >= 0.3 is 0 Å². The quantitative estimate of drug-likeness (QED) is 0.689. The Morgan fingerprint density at radius 3 is 2.65 bits per heavy atom. The first kappa shape index (κ1) is 12.8. The van der Waals surface area contributed by atoms with Crippen LogP contribution in [0.1, 0.15) is 6.92 Å². The monoisotopic (exact) mass is 284 g/mol. The first-order valence-corrected chi connectivity index (χ1v) is 6.78. The van der Waals surface area contributed by atoms with Crippen molar-refractivity contribution >= 4 is 11.6 Å². The first-order chi connectivity index (χ1) is 9.78. The Hall–Kier alpha value is -2.20. The van der Waals surface area contributed by atoms with Gasteiger partial charge in [0.2, 0.25) is 0 Å². The van der Waals surface area contributed by atoms with Gasteiger partial charge in [0.15, 0.2) is 5.82 Å². The van der Waals surface area contributed by atoms with Crippen molar-refractivity contribution in [1.82, 2.24) is 19.7 Å². The predicted molar refractivity (Wildman–Crippen MR) is 79.4 cm³/mol. The van der Waals surface area contributed by atoms with E-state index in [4.69, 9.17) is 11.6 Å². The number of nitrogens with zero attached hydrogens (tertiary/aromatic N) is 4. The van der Waals surface area contributed by atoms with Crippen molar-refractivity contribution in [3.8, 4) is 22.8 Å². The van der Waals surface area contributed by atoms with E-state index in [1.807, 2.05) is 48.0 Å². The summed E-state index contributed by atoms with van der Waals surface area (Å²) in [6.45, 7) is 2.79. The lowest BCUT2D eigenvalue weighted by Crippen LogP contribution is -2.02. The van der Waals surface area contributed by atoms with Crippen molar-refractivity contribution < 1.29 is 0 Å². The fourth-order valence-corrected chi connectivity index (χ4v) is 2.25. The van der Waals surface area contributed by atoms with Crippen molar-refractivity contribution in [2.24, 2.45) is 0 Å². The summed E-state index contributed by atoms with van der Waals surface area (Å²) in [6.07, 6.45) is 1.74. The van der Waals surface area contributed by atoms with E-state index in [-0.39, 0.29) is 0 Å². The van der Waals surface area contributed by atoms with Crippen molar-refractivity contribution in [1.29, 1.82) is 0 Å². The number of hydrogen-bond acceptors (Lipinski definition) is 3. The van der Waals surface area contributed by atoms with E-state index in [1.165, 1.54) is 0 Å². The molecule has 0 aliphatic carbocycles. The fourth-order valence-electron chi connectivity index (χ4n) is 2.06. The molecule has 0 saturated carbocycles. The lowest BCUT2D eigenvalue weighted by atomic mass is 10.1. The zero-order valence-electron chi connectivity index (χ0n) is 11.0. The van der Waals surface area contributed by atoms with E-state index in [2.05, 4.69) is 15.1 Å². The summed E-state index contributed by atoms with van der Waals surface area (Å²) >= 11 is 6.13. The Balaban J connectivity index is 2.12. The molecule has 100 valence electrons. The Morgan fingerprint density at radius 1 is 1.10 bits per heavy atom. The van der Waals surface area contributed by atoms with Crippen molar-refractivity contribution in [2.75, 3.05) is 0 Å².